The minimum Gasteiger partial charge on any atom is -0.355 e. The largest absolute Gasteiger partial charge is 0.355 e. The Morgan fingerprint density at radius 3 is 2.91 bits per heavy atom. The summed E-state index contributed by atoms with van der Waals surface area (Å²) in [6.07, 6.45) is 8.25. The number of tetrazole rings is 1. The van der Waals surface area contributed by atoms with Crippen molar-refractivity contribution in [3.63, 3.8) is 0 Å². The molecule has 1 aliphatic carbocycles. The molecule has 1 heterocycles. The molecule has 0 fully saturated rings. The molecule has 0 radical (unpaired) electrons. The first kappa shape index (κ1) is 18.0. The van der Waals surface area contributed by atoms with Gasteiger partial charge in [-0.15, -0.1) is 5.10 Å². The molecular formula is C16H27N5OS. The molecule has 0 aromatic carbocycles. The topological polar surface area (TPSA) is 72.7 Å². The summed E-state index contributed by atoms with van der Waals surface area (Å²) in [5, 5.41) is 15.2. The molecule has 1 amide bonds. The lowest BCUT2D eigenvalue weighted by atomic mass is 9.97. The number of aromatic nitrogens is 4. The number of amides is 1. The zero-order valence-electron chi connectivity index (χ0n) is 14.3. The molecule has 1 unspecified atom stereocenters. The van der Waals surface area contributed by atoms with Crippen LogP contribution in [0.1, 0.15) is 52.9 Å². The molecule has 1 aromatic rings. The van der Waals surface area contributed by atoms with Crippen LogP contribution in [0.15, 0.2) is 16.8 Å². The average Bonchev–Trinajstić information content (AvgIpc) is 2.94. The van der Waals surface area contributed by atoms with Crippen LogP contribution in [0, 0.1) is 5.92 Å². The molecule has 0 saturated heterocycles. The maximum atomic E-state index is 12.2. The SMILES string of the molecule is CC(C)Cn1nnnc1SC(C)C(=O)NCCC1=CCCCC1. The zero-order valence-corrected chi connectivity index (χ0v) is 15.1. The Kier molecular flexibility index (Phi) is 7.08. The van der Waals surface area contributed by atoms with Crippen molar-refractivity contribution in [3.05, 3.63) is 11.6 Å². The van der Waals surface area contributed by atoms with Gasteiger partial charge in [0.05, 0.1) is 5.25 Å². The third-order valence-corrected chi connectivity index (χ3v) is 4.89. The van der Waals surface area contributed by atoms with Crippen molar-refractivity contribution in [2.45, 2.75) is 69.8 Å². The Morgan fingerprint density at radius 1 is 1.39 bits per heavy atom. The van der Waals surface area contributed by atoms with Crippen LogP contribution in [-0.2, 0) is 11.3 Å². The number of allylic oxidation sites excluding steroid dienone is 1. The van der Waals surface area contributed by atoms with Crippen LogP contribution in [0.5, 0.6) is 0 Å². The first-order chi connectivity index (χ1) is 11.1. The Hall–Kier alpha value is -1.37. The molecule has 7 heteroatoms. The Balaban J connectivity index is 1.76. The zero-order chi connectivity index (χ0) is 16.7. The minimum atomic E-state index is -0.202. The van der Waals surface area contributed by atoms with Gasteiger partial charge in [0.2, 0.25) is 11.1 Å². The molecule has 1 aliphatic rings. The van der Waals surface area contributed by atoms with Gasteiger partial charge in [0, 0.05) is 13.1 Å². The molecule has 2 rings (SSSR count). The van der Waals surface area contributed by atoms with E-state index in [1.807, 2.05) is 6.92 Å². The predicted octanol–water partition coefficient (Wildman–Crippen LogP) is 2.82. The highest BCUT2D eigenvalue weighted by Gasteiger charge is 2.18. The van der Waals surface area contributed by atoms with E-state index < -0.39 is 0 Å². The lowest BCUT2D eigenvalue weighted by molar-refractivity contribution is -0.120. The van der Waals surface area contributed by atoms with E-state index in [0.717, 1.165) is 13.0 Å². The average molecular weight is 337 g/mol. The Labute approximate surface area is 142 Å². The summed E-state index contributed by atoms with van der Waals surface area (Å²) in [6.45, 7) is 7.61. The van der Waals surface area contributed by atoms with Crippen LogP contribution < -0.4 is 5.32 Å². The molecule has 0 bridgehead atoms. The van der Waals surface area contributed by atoms with Gasteiger partial charge in [-0.05, 0) is 55.4 Å². The van der Waals surface area contributed by atoms with Crippen molar-refractivity contribution in [2.75, 3.05) is 6.54 Å². The van der Waals surface area contributed by atoms with Gasteiger partial charge in [-0.3, -0.25) is 4.79 Å². The Morgan fingerprint density at radius 2 is 2.22 bits per heavy atom. The third-order valence-electron chi connectivity index (χ3n) is 3.82. The molecule has 0 aliphatic heterocycles. The molecule has 0 saturated carbocycles. The van der Waals surface area contributed by atoms with Gasteiger partial charge in [0.25, 0.3) is 0 Å². The summed E-state index contributed by atoms with van der Waals surface area (Å²) in [7, 11) is 0. The number of hydrogen-bond donors (Lipinski definition) is 1. The van der Waals surface area contributed by atoms with Crippen LogP contribution in [-0.4, -0.2) is 37.9 Å². The maximum Gasteiger partial charge on any atom is 0.233 e. The number of carbonyl (C=O) groups excluding carboxylic acids is 1. The highest BCUT2D eigenvalue weighted by Crippen LogP contribution is 2.22. The van der Waals surface area contributed by atoms with E-state index in [2.05, 4.69) is 40.8 Å². The molecule has 23 heavy (non-hydrogen) atoms. The number of carbonyl (C=O) groups is 1. The van der Waals surface area contributed by atoms with Gasteiger partial charge >= 0.3 is 0 Å². The van der Waals surface area contributed by atoms with E-state index in [0.29, 0.717) is 17.6 Å². The summed E-state index contributed by atoms with van der Waals surface area (Å²) < 4.78 is 1.77. The van der Waals surface area contributed by atoms with Gasteiger partial charge in [-0.25, -0.2) is 4.68 Å². The maximum absolute atomic E-state index is 12.2. The van der Waals surface area contributed by atoms with Crippen molar-refractivity contribution in [2.24, 2.45) is 5.92 Å². The standard InChI is InChI=1S/C16H27N5OS/c1-12(2)11-21-16(18-19-20-21)23-13(3)15(22)17-10-9-14-7-5-4-6-8-14/h7,12-13H,4-6,8-11H2,1-3H3,(H,17,22). The molecular weight excluding hydrogens is 310 g/mol. The second kappa shape index (κ2) is 9.05. The number of rotatable bonds is 8. The summed E-state index contributed by atoms with van der Waals surface area (Å²) in [6, 6.07) is 0. The van der Waals surface area contributed by atoms with E-state index in [1.165, 1.54) is 43.0 Å². The van der Waals surface area contributed by atoms with Crippen molar-refractivity contribution in [3.8, 4) is 0 Å². The Bertz CT molecular complexity index is 540. The van der Waals surface area contributed by atoms with Crippen molar-refractivity contribution in [1.82, 2.24) is 25.5 Å². The van der Waals surface area contributed by atoms with Crippen LogP contribution in [0.2, 0.25) is 0 Å². The van der Waals surface area contributed by atoms with Gasteiger partial charge in [-0.2, -0.15) is 0 Å². The van der Waals surface area contributed by atoms with Gasteiger partial charge in [0.15, 0.2) is 0 Å². The van der Waals surface area contributed by atoms with E-state index >= 15 is 0 Å². The van der Waals surface area contributed by atoms with Crippen molar-refractivity contribution < 1.29 is 4.79 Å². The second-order valence-corrected chi connectivity index (χ2v) is 7.75. The van der Waals surface area contributed by atoms with Crippen molar-refractivity contribution >= 4 is 17.7 Å². The lowest BCUT2D eigenvalue weighted by Crippen LogP contribution is -2.32. The summed E-state index contributed by atoms with van der Waals surface area (Å²) in [5.74, 6) is 0.510. The van der Waals surface area contributed by atoms with E-state index in [-0.39, 0.29) is 11.2 Å². The molecule has 1 atom stereocenters. The van der Waals surface area contributed by atoms with Gasteiger partial charge in [-0.1, -0.05) is 37.3 Å². The fraction of sp³-hybridized carbons (Fsp3) is 0.750. The molecule has 6 nitrogen and oxygen atoms in total. The smallest absolute Gasteiger partial charge is 0.233 e. The fourth-order valence-electron chi connectivity index (χ4n) is 2.57. The number of nitrogens with one attached hydrogen (secondary N) is 1. The fourth-order valence-corrected chi connectivity index (χ4v) is 3.40. The van der Waals surface area contributed by atoms with Crippen LogP contribution in [0.4, 0.5) is 0 Å². The molecule has 1 aromatic heterocycles. The summed E-state index contributed by atoms with van der Waals surface area (Å²) in [5.41, 5.74) is 1.48. The summed E-state index contributed by atoms with van der Waals surface area (Å²) >= 11 is 1.41. The molecule has 0 spiro atoms. The number of nitrogens with zero attached hydrogens (tertiary/aromatic N) is 4. The van der Waals surface area contributed by atoms with E-state index in [1.54, 1.807) is 4.68 Å². The highest BCUT2D eigenvalue weighted by molar-refractivity contribution is 8.00. The molecule has 128 valence electrons. The van der Waals surface area contributed by atoms with E-state index in [4.69, 9.17) is 0 Å². The van der Waals surface area contributed by atoms with Crippen LogP contribution >= 0.6 is 11.8 Å². The van der Waals surface area contributed by atoms with Gasteiger partial charge in [0.1, 0.15) is 0 Å². The van der Waals surface area contributed by atoms with Crippen LogP contribution in [0.3, 0.4) is 0 Å². The molecule has 1 N–H and O–H groups in total. The lowest BCUT2D eigenvalue weighted by Gasteiger charge is -2.15. The normalized spacial score (nSPS) is 16.3. The van der Waals surface area contributed by atoms with Crippen molar-refractivity contribution in [1.29, 1.82) is 0 Å². The van der Waals surface area contributed by atoms with Gasteiger partial charge < -0.3 is 5.32 Å². The van der Waals surface area contributed by atoms with Crippen LogP contribution in [0.25, 0.3) is 0 Å². The highest BCUT2D eigenvalue weighted by atomic mass is 32.2. The predicted molar refractivity (Wildman–Crippen MR) is 92.2 cm³/mol. The quantitative estimate of drug-likeness (QED) is 0.583. The third kappa shape index (κ3) is 5.97. The van der Waals surface area contributed by atoms with E-state index in [9.17, 15) is 4.79 Å². The first-order valence-electron chi connectivity index (χ1n) is 8.44. The number of thioether (sulfide) groups is 1. The number of hydrogen-bond acceptors (Lipinski definition) is 5. The monoisotopic (exact) mass is 337 g/mol. The first-order valence-corrected chi connectivity index (χ1v) is 9.32. The minimum absolute atomic E-state index is 0.0468. The summed E-state index contributed by atoms with van der Waals surface area (Å²) in [4.78, 5) is 12.2. The second-order valence-electron chi connectivity index (χ2n) is 6.45.